The highest BCUT2D eigenvalue weighted by atomic mass is 16.5. The van der Waals surface area contributed by atoms with Gasteiger partial charge in [0.05, 0.1) is 5.92 Å². The highest BCUT2D eigenvalue weighted by Crippen LogP contribution is 2.47. The number of benzene rings is 1. The van der Waals surface area contributed by atoms with Gasteiger partial charge in [0.1, 0.15) is 11.9 Å². The van der Waals surface area contributed by atoms with Gasteiger partial charge in [-0.2, -0.15) is 0 Å². The first-order valence-electron chi connectivity index (χ1n) is 6.94. The summed E-state index contributed by atoms with van der Waals surface area (Å²) in [7, 11) is 0. The second kappa shape index (κ2) is 5.21. The van der Waals surface area contributed by atoms with Crippen LogP contribution in [0.15, 0.2) is 24.3 Å². The van der Waals surface area contributed by atoms with Crippen molar-refractivity contribution in [3.05, 3.63) is 29.8 Å². The van der Waals surface area contributed by atoms with Crippen molar-refractivity contribution in [1.29, 1.82) is 0 Å². The Balaban J connectivity index is 1.58. The van der Waals surface area contributed by atoms with Crippen LogP contribution in [0.4, 0.5) is 0 Å². The first kappa shape index (κ1) is 12.5. The van der Waals surface area contributed by atoms with Gasteiger partial charge in [-0.15, -0.1) is 0 Å². The van der Waals surface area contributed by atoms with Gasteiger partial charge in [-0.25, -0.2) is 0 Å². The van der Waals surface area contributed by atoms with Crippen molar-refractivity contribution >= 4 is 5.97 Å². The van der Waals surface area contributed by atoms with Crippen LogP contribution < -0.4 is 10.1 Å². The third-order valence-electron chi connectivity index (χ3n) is 4.00. The number of ether oxygens (including phenoxy) is 1. The predicted molar refractivity (Wildman–Crippen MR) is 71.4 cm³/mol. The number of aliphatic carboxylic acids is 1. The molecule has 3 rings (SSSR count). The van der Waals surface area contributed by atoms with Crippen LogP contribution in [0.25, 0.3) is 0 Å². The zero-order chi connectivity index (χ0) is 13.2. The first-order chi connectivity index (χ1) is 9.24. The molecule has 2 fully saturated rings. The maximum Gasteiger partial charge on any atom is 0.307 e. The van der Waals surface area contributed by atoms with Gasteiger partial charge in [-0.3, -0.25) is 4.79 Å². The maximum atomic E-state index is 10.8. The van der Waals surface area contributed by atoms with Crippen molar-refractivity contribution in [3.63, 3.8) is 0 Å². The smallest absolute Gasteiger partial charge is 0.307 e. The molecule has 1 aliphatic heterocycles. The Morgan fingerprint density at radius 2 is 1.89 bits per heavy atom. The van der Waals surface area contributed by atoms with E-state index in [1.54, 1.807) is 0 Å². The lowest BCUT2D eigenvalue weighted by atomic mass is 10.1. The molecule has 0 aromatic heterocycles. The van der Waals surface area contributed by atoms with Crippen molar-refractivity contribution in [1.82, 2.24) is 5.32 Å². The molecule has 0 bridgehead atoms. The van der Waals surface area contributed by atoms with E-state index < -0.39 is 5.97 Å². The molecular weight excluding hydrogens is 242 g/mol. The molecule has 0 radical (unpaired) electrons. The molecular formula is C15H19NO3. The Morgan fingerprint density at radius 3 is 2.47 bits per heavy atom. The third-order valence-corrected chi connectivity index (χ3v) is 4.00. The topological polar surface area (TPSA) is 58.6 Å². The van der Waals surface area contributed by atoms with Gasteiger partial charge in [0.2, 0.25) is 0 Å². The van der Waals surface area contributed by atoms with Crippen LogP contribution >= 0.6 is 0 Å². The van der Waals surface area contributed by atoms with E-state index in [-0.39, 0.29) is 11.8 Å². The molecule has 0 spiro atoms. The van der Waals surface area contributed by atoms with Crippen molar-refractivity contribution in [2.45, 2.75) is 31.3 Å². The van der Waals surface area contributed by atoms with Crippen molar-refractivity contribution in [2.24, 2.45) is 5.92 Å². The molecule has 4 nitrogen and oxygen atoms in total. The molecule has 19 heavy (non-hydrogen) atoms. The number of piperidine rings is 1. The minimum absolute atomic E-state index is 0.184. The number of hydrogen-bond donors (Lipinski definition) is 2. The second-order valence-electron chi connectivity index (χ2n) is 5.42. The maximum absolute atomic E-state index is 10.8. The van der Waals surface area contributed by atoms with Gasteiger partial charge >= 0.3 is 5.97 Å². The number of hydrogen-bond acceptors (Lipinski definition) is 3. The van der Waals surface area contributed by atoms with E-state index in [1.807, 2.05) is 24.3 Å². The quantitative estimate of drug-likeness (QED) is 0.870. The van der Waals surface area contributed by atoms with Crippen LogP contribution in [-0.4, -0.2) is 30.3 Å². The molecule has 102 valence electrons. The largest absolute Gasteiger partial charge is 0.490 e. The molecule has 2 aliphatic rings. The molecule has 2 N–H and O–H groups in total. The van der Waals surface area contributed by atoms with Gasteiger partial charge in [-0.1, -0.05) is 12.1 Å². The molecule has 1 heterocycles. The van der Waals surface area contributed by atoms with Crippen molar-refractivity contribution in [2.75, 3.05) is 13.1 Å². The molecule has 0 amide bonds. The predicted octanol–water partition coefficient (Wildman–Crippen LogP) is 2.01. The van der Waals surface area contributed by atoms with E-state index in [0.717, 1.165) is 43.7 Å². The lowest BCUT2D eigenvalue weighted by molar-refractivity contribution is -0.138. The zero-order valence-electron chi connectivity index (χ0n) is 10.8. The van der Waals surface area contributed by atoms with Crippen LogP contribution in [-0.2, 0) is 4.79 Å². The molecule has 4 heteroatoms. The molecule has 2 unspecified atom stereocenters. The Bertz CT molecular complexity index is 451. The summed E-state index contributed by atoms with van der Waals surface area (Å²) in [6, 6.07) is 7.94. The van der Waals surface area contributed by atoms with Gasteiger partial charge in [-0.05, 0) is 56.0 Å². The lowest BCUT2D eigenvalue weighted by Crippen LogP contribution is -2.34. The van der Waals surface area contributed by atoms with E-state index in [0.29, 0.717) is 6.10 Å². The van der Waals surface area contributed by atoms with E-state index in [4.69, 9.17) is 9.84 Å². The highest BCUT2D eigenvalue weighted by molar-refractivity contribution is 5.75. The Kier molecular flexibility index (Phi) is 3.42. The fourth-order valence-corrected chi connectivity index (χ4v) is 2.74. The normalized spacial score (nSPS) is 26.9. The van der Waals surface area contributed by atoms with Crippen molar-refractivity contribution in [3.8, 4) is 5.75 Å². The third kappa shape index (κ3) is 2.89. The number of carboxylic acid groups (broad SMARTS) is 1. The Morgan fingerprint density at radius 1 is 1.21 bits per heavy atom. The van der Waals surface area contributed by atoms with Crippen molar-refractivity contribution < 1.29 is 14.6 Å². The summed E-state index contributed by atoms with van der Waals surface area (Å²) in [6.07, 6.45) is 3.17. The fraction of sp³-hybridized carbons (Fsp3) is 0.533. The first-order valence-corrected chi connectivity index (χ1v) is 6.94. The molecule has 2 atom stereocenters. The van der Waals surface area contributed by atoms with Crippen LogP contribution in [0.3, 0.4) is 0 Å². The van der Waals surface area contributed by atoms with Crippen LogP contribution in [0.5, 0.6) is 5.75 Å². The Hall–Kier alpha value is -1.55. The average Bonchev–Trinajstić information content (AvgIpc) is 3.21. The second-order valence-corrected chi connectivity index (χ2v) is 5.42. The average molecular weight is 261 g/mol. The van der Waals surface area contributed by atoms with E-state index >= 15 is 0 Å². The summed E-state index contributed by atoms with van der Waals surface area (Å²) in [6.45, 7) is 2.04. The SMILES string of the molecule is O=C(O)C1CC1c1ccc(OC2CCNCC2)cc1. The van der Waals surface area contributed by atoms with Crippen LogP contribution in [0.1, 0.15) is 30.7 Å². The number of carboxylic acids is 1. The summed E-state index contributed by atoms with van der Waals surface area (Å²) < 4.78 is 5.93. The molecule has 1 aromatic rings. The minimum Gasteiger partial charge on any atom is -0.490 e. The van der Waals surface area contributed by atoms with Gasteiger partial charge in [0, 0.05) is 0 Å². The number of nitrogens with one attached hydrogen (secondary N) is 1. The summed E-state index contributed by atoms with van der Waals surface area (Å²) in [4.78, 5) is 10.8. The molecule has 1 aliphatic carbocycles. The summed E-state index contributed by atoms with van der Waals surface area (Å²) in [5.74, 6) is 0.227. The standard InChI is InChI=1S/C15H19NO3/c17-15(18)14-9-13(14)10-1-3-11(4-2-10)19-12-5-7-16-8-6-12/h1-4,12-14,16H,5-9H2,(H,17,18). The summed E-state index contributed by atoms with van der Waals surface area (Å²) in [5, 5.41) is 12.2. The molecule has 1 aromatic carbocycles. The fourth-order valence-electron chi connectivity index (χ4n) is 2.74. The van der Waals surface area contributed by atoms with Crippen LogP contribution in [0.2, 0.25) is 0 Å². The van der Waals surface area contributed by atoms with Gasteiger partial charge < -0.3 is 15.2 Å². The number of carbonyl (C=O) groups is 1. The lowest BCUT2D eigenvalue weighted by Gasteiger charge is -2.23. The Labute approximate surface area is 112 Å². The van der Waals surface area contributed by atoms with Gasteiger partial charge in [0.15, 0.2) is 0 Å². The molecule has 1 saturated heterocycles. The molecule has 1 saturated carbocycles. The van der Waals surface area contributed by atoms with Gasteiger partial charge in [0.25, 0.3) is 0 Å². The zero-order valence-corrected chi connectivity index (χ0v) is 10.8. The minimum atomic E-state index is -0.681. The van der Waals surface area contributed by atoms with E-state index in [1.165, 1.54) is 0 Å². The van der Waals surface area contributed by atoms with Crippen LogP contribution in [0, 0.1) is 5.92 Å². The monoisotopic (exact) mass is 261 g/mol. The van der Waals surface area contributed by atoms with E-state index in [9.17, 15) is 4.79 Å². The van der Waals surface area contributed by atoms with E-state index in [2.05, 4.69) is 5.32 Å². The summed E-state index contributed by atoms with van der Waals surface area (Å²) >= 11 is 0. The summed E-state index contributed by atoms with van der Waals surface area (Å²) in [5.41, 5.74) is 1.12. The highest BCUT2D eigenvalue weighted by Gasteiger charge is 2.44. The number of rotatable bonds is 4.